The van der Waals surface area contributed by atoms with Crippen LogP contribution in [0.2, 0.25) is 0 Å². The fourth-order valence-electron chi connectivity index (χ4n) is 2.21. The van der Waals surface area contributed by atoms with Crippen LogP contribution in [-0.4, -0.2) is 17.4 Å². The van der Waals surface area contributed by atoms with Gasteiger partial charge >= 0.3 is 0 Å². The van der Waals surface area contributed by atoms with E-state index in [0.29, 0.717) is 17.8 Å². The molecule has 0 saturated heterocycles. The first-order chi connectivity index (χ1) is 11.7. The molecule has 0 aliphatic carbocycles. The third kappa shape index (κ3) is 3.64. The van der Waals surface area contributed by atoms with Crippen molar-refractivity contribution < 1.29 is 4.39 Å². The monoisotopic (exact) mass is 451 g/mol. The molecule has 0 amide bonds. The average molecular weight is 451 g/mol. The van der Waals surface area contributed by atoms with Gasteiger partial charge in [0.05, 0.1) is 11.9 Å². The number of rotatable bonds is 4. The zero-order valence-corrected chi connectivity index (χ0v) is 16.0. The Hall–Kier alpha value is -1.80. The van der Waals surface area contributed by atoms with Crippen molar-refractivity contribution in [3.8, 4) is 11.3 Å². The molecule has 0 aliphatic rings. The number of benzene rings is 2. The van der Waals surface area contributed by atoms with Crippen molar-refractivity contribution in [2.45, 2.75) is 6.92 Å². The molecule has 1 aromatic heterocycles. The molecule has 2 aromatic carbocycles. The van der Waals surface area contributed by atoms with E-state index in [4.69, 9.17) is 0 Å². The summed E-state index contributed by atoms with van der Waals surface area (Å²) in [5.74, 6) is -0.267. The molecule has 0 unspecified atom stereocenters. The van der Waals surface area contributed by atoms with Gasteiger partial charge in [-0.3, -0.25) is 4.99 Å². The molecular weight excluding hydrogens is 436 g/mol. The number of thiazole rings is 1. The van der Waals surface area contributed by atoms with Gasteiger partial charge in [-0.15, -0.1) is 11.3 Å². The van der Waals surface area contributed by atoms with Gasteiger partial charge < -0.3 is 0 Å². The summed E-state index contributed by atoms with van der Waals surface area (Å²) in [4.78, 5) is 5.21. The molecule has 0 atom stereocenters. The first-order valence-corrected chi connectivity index (χ1v) is 9.41. The Morgan fingerprint density at radius 1 is 1.17 bits per heavy atom. The quantitative estimate of drug-likeness (QED) is 0.405. The predicted octanol–water partition coefficient (Wildman–Crippen LogP) is 4.76. The summed E-state index contributed by atoms with van der Waals surface area (Å²) < 4.78 is 17.0. The average Bonchev–Trinajstić information content (AvgIpc) is 2.97. The van der Waals surface area contributed by atoms with E-state index in [9.17, 15) is 4.39 Å². The molecule has 3 aromatic rings. The van der Waals surface area contributed by atoms with Crippen LogP contribution in [0.3, 0.4) is 0 Å². The van der Waals surface area contributed by atoms with Crippen molar-refractivity contribution in [2.75, 3.05) is 6.54 Å². The predicted molar refractivity (Wildman–Crippen MR) is 106 cm³/mol. The van der Waals surface area contributed by atoms with Gasteiger partial charge in [0.1, 0.15) is 5.82 Å². The zero-order chi connectivity index (χ0) is 16.9. The molecule has 0 saturated carbocycles. The summed E-state index contributed by atoms with van der Waals surface area (Å²) in [6.45, 7) is 2.62. The molecule has 122 valence electrons. The second kappa shape index (κ2) is 7.85. The van der Waals surface area contributed by atoms with E-state index in [2.05, 4.69) is 32.7 Å². The maximum Gasteiger partial charge on any atom is 0.206 e. The fourth-order valence-corrected chi connectivity index (χ4v) is 3.63. The van der Waals surface area contributed by atoms with E-state index in [1.54, 1.807) is 23.0 Å². The van der Waals surface area contributed by atoms with Gasteiger partial charge in [-0.2, -0.15) is 5.10 Å². The maximum absolute atomic E-state index is 14.2. The van der Waals surface area contributed by atoms with E-state index in [1.165, 1.54) is 17.4 Å². The third-order valence-corrected chi connectivity index (χ3v) is 5.18. The second-order valence-corrected chi connectivity index (χ2v) is 6.93. The third-order valence-electron chi connectivity index (χ3n) is 3.35. The van der Waals surface area contributed by atoms with Gasteiger partial charge in [-0.05, 0) is 47.7 Å². The number of halogens is 2. The minimum Gasteiger partial charge on any atom is -0.258 e. The van der Waals surface area contributed by atoms with Crippen molar-refractivity contribution in [3.05, 3.63) is 73.7 Å². The molecule has 3 rings (SSSR count). The van der Waals surface area contributed by atoms with Crippen LogP contribution in [0.25, 0.3) is 11.3 Å². The van der Waals surface area contributed by atoms with Gasteiger partial charge in [-0.1, -0.05) is 30.3 Å². The van der Waals surface area contributed by atoms with Crippen molar-refractivity contribution >= 4 is 40.1 Å². The lowest BCUT2D eigenvalue weighted by Crippen LogP contribution is -2.12. The fraction of sp³-hybridized carbons (Fsp3) is 0.111. The summed E-state index contributed by atoms with van der Waals surface area (Å²) >= 11 is 3.73. The molecule has 0 aliphatic heterocycles. The number of hydrogen-bond donors (Lipinski definition) is 0. The second-order valence-electron chi connectivity index (χ2n) is 4.94. The van der Waals surface area contributed by atoms with Gasteiger partial charge in [0, 0.05) is 26.6 Å². The van der Waals surface area contributed by atoms with E-state index < -0.39 is 0 Å². The van der Waals surface area contributed by atoms with Gasteiger partial charge in [0.2, 0.25) is 4.80 Å². The van der Waals surface area contributed by atoms with Crippen LogP contribution in [0.1, 0.15) is 12.5 Å². The largest absolute Gasteiger partial charge is 0.258 e. The molecule has 3 nitrogen and oxygen atoms in total. The van der Waals surface area contributed by atoms with Crippen molar-refractivity contribution in [3.63, 3.8) is 0 Å². The summed E-state index contributed by atoms with van der Waals surface area (Å²) in [6.07, 6.45) is 1.79. The smallest absolute Gasteiger partial charge is 0.206 e. The van der Waals surface area contributed by atoms with Crippen LogP contribution in [-0.2, 0) is 0 Å². The molecule has 0 N–H and O–H groups in total. The Bertz CT molecular complexity index is 943. The summed E-state index contributed by atoms with van der Waals surface area (Å²) in [5, 5.41) is 6.46. The summed E-state index contributed by atoms with van der Waals surface area (Å²) in [6, 6.07) is 14.7. The van der Waals surface area contributed by atoms with E-state index in [-0.39, 0.29) is 5.82 Å². The zero-order valence-electron chi connectivity index (χ0n) is 13.0. The minimum absolute atomic E-state index is 0.267. The van der Waals surface area contributed by atoms with Crippen molar-refractivity contribution in [2.24, 2.45) is 10.1 Å². The minimum atomic E-state index is -0.267. The van der Waals surface area contributed by atoms with Gasteiger partial charge in [0.15, 0.2) is 0 Å². The lowest BCUT2D eigenvalue weighted by Gasteiger charge is -2.05. The van der Waals surface area contributed by atoms with Crippen molar-refractivity contribution in [1.29, 1.82) is 0 Å². The molecule has 1 heterocycles. The molecule has 0 radical (unpaired) electrons. The van der Waals surface area contributed by atoms with Gasteiger partial charge in [-0.25, -0.2) is 9.07 Å². The highest BCUT2D eigenvalue weighted by Gasteiger charge is 2.11. The molecule has 0 fully saturated rings. The Morgan fingerprint density at radius 2 is 1.92 bits per heavy atom. The summed E-state index contributed by atoms with van der Waals surface area (Å²) in [7, 11) is 0. The Balaban J connectivity index is 2.12. The first-order valence-electron chi connectivity index (χ1n) is 7.45. The van der Waals surface area contributed by atoms with Crippen molar-refractivity contribution in [1.82, 2.24) is 4.68 Å². The normalized spacial score (nSPS) is 12.2. The highest BCUT2D eigenvalue weighted by atomic mass is 127. The maximum atomic E-state index is 14.2. The number of nitrogens with zero attached hydrogens (tertiary/aromatic N) is 3. The van der Waals surface area contributed by atoms with E-state index in [0.717, 1.165) is 13.9 Å². The SMILES string of the molecule is CCN=c1scc(-c2ccccc2F)n1/N=C\c1ccccc1I. The molecule has 24 heavy (non-hydrogen) atoms. The highest BCUT2D eigenvalue weighted by Crippen LogP contribution is 2.23. The first kappa shape index (κ1) is 17.0. The van der Waals surface area contributed by atoms with Crippen LogP contribution in [0, 0.1) is 9.39 Å². The molecule has 0 bridgehead atoms. The van der Waals surface area contributed by atoms with Crippen LogP contribution < -0.4 is 4.80 Å². The van der Waals surface area contributed by atoms with E-state index in [1.807, 2.05) is 42.6 Å². The Kier molecular flexibility index (Phi) is 5.57. The van der Waals surface area contributed by atoms with Crippen LogP contribution >= 0.6 is 33.9 Å². The van der Waals surface area contributed by atoms with E-state index >= 15 is 0 Å². The van der Waals surface area contributed by atoms with Crippen LogP contribution in [0.5, 0.6) is 0 Å². The van der Waals surface area contributed by atoms with Crippen LogP contribution in [0.4, 0.5) is 4.39 Å². The molecule has 6 heteroatoms. The van der Waals surface area contributed by atoms with Gasteiger partial charge in [0.25, 0.3) is 0 Å². The summed E-state index contributed by atoms with van der Waals surface area (Å²) in [5.41, 5.74) is 2.23. The standard InChI is InChI=1S/C18H15FIN3S/c1-2-21-18-23(22-11-13-7-3-6-10-16(13)20)17(12-24-18)14-8-4-5-9-15(14)19/h3-12H,2H2,1H3/b21-18?,22-11-. The van der Waals surface area contributed by atoms with Crippen LogP contribution in [0.15, 0.2) is 64.0 Å². The molecular formula is C18H15FIN3S. The number of aromatic nitrogens is 1. The highest BCUT2D eigenvalue weighted by molar-refractivity contribution is 14.1. The Labute approximate surface area is 157 Å². The molecule has 0 spiro atoms. The lowest BCUT2D eigenvalue weighted by molar-refractivity contribution is 0.629. The topological polar surface area (TPSA) is 29.6 Å². The Morgan fingerprint density at radius 3 is 2.67 bits per heavy atom. The lowest BCUT2D eigenvalue weighted by atomic mass is 10.1. The number of hydrogen-bond acceptors (Lipinski definition) is 3.